The Balaban J connectivity index is 1.80. The lowest BCUT2D eigenvalue weighted by Gasteiger charge is -2.09. The standard InChI is InChI=1S/C12H12N2O5/c1-7-13-14-12(19-7)5-16-9-3-11-10(17-6-18-11)2-8(9)4-15/h2-3,15H,4-6H2,1H3. The molecule has 0 amide bonds. The number of hydrogen-bond donors (Lipinski definition) is 1. The molecule has 19 heavy (non-hydrogen) atoms. The van der Waals surface area contributed by atoms with Crippen molar-refractivity contribution < 1.29 is 23.7 Å². The van der Waals surface area contributed by atoms with Crippen molar-refractivity contribution in [3.8, 4) is 17.2 Å². The van der Waals surface area contributed by atoms with Crippen LogP contribution in [0.25, 0.3) is 0 Å². The Bertz CT molecular complexity index is 596. The minimum absolute atomic E-state index is 0.132. The fourth-order valence-electron chi connectivity index (χ4n) is 1.76. The lowest BCUT2D eigenvalue weighted by atomic mass is 10.2. The normalized spacial score (nSPS) is 12.7. The van der Waals surface area contributed by atoms with E-state index in [2.05, 4.69) is 10.2 Å². The van der Waals surface area contributed by atoms with Gasteiger partial charge in [0.25, 0.3) is 5.89 Å². The van der Waals surface area contributed by atoms with Crippen LogP contribution in [0, 0.1) is 6.92 Å². The number of benzene rings is 1. The summed E-state index contributed by atoms with van der Waals surface area (Å²) < 4.78 is 21.3. The van der Waals surface area contributed by atoms with Gasteiger partial charge >= 0.3 is 0 Å². The lowest BCUT2D eigenvalue weighted by molar-refractivity contribution is 0.173. The molecule has 1 N–H and O–H groups in total. The molecule has 0 radical (unpaired) electrons. The van der Waals surface area contributed by atoms with Crippen LogP contribution in [0.2, 0.25) is 0 Å². The molecular weight excluding hydrogens is 252 g/mol. The zero-order valence-electron chi connectivity index (χ0n) is 10.3. The van der Waals surface area contributed by atoms with Crippen LogP contribution < -0.4 is 14.2 Å². The van der Waals surface area contributed by atoms with Crippen molar-refractivity contribution in [2.24, 2.45) is 0 Å². The van der Waals surface area contributed by atoms with Gasteiger partial charge in [-0.25, -0.2) is 0 Å². The van der Waals surface area contributed by atoms with Gasteiger partial charge in [-0.1, -0.05) is 0 Å². The first kappa shape index (κ1) is 11.8. The van der Waals surface area contributed by atoms with E-state index in [1.807, 2.05) is 0 Å². The van der Waals surface area contributed by atoms with Gasteiger partial charge in [-0.3, -0.25) is 0 Å². The van der Waals surface area contributed by atoms with E-state index in [-0.39, 0.29) is 20.0 Å². The molecule has 0 fully saturated rings. The van der Waals surface area contributed by atoms with E-state index >= 15 is 0 Å². The van der Waals surface area contributed by atoms with Crippen molar-refractivity contribution in [2.75, 3.05) is 6.79 Å². The number of aliphatic hydroxyl groups is 1. The Morgan fingerprint density at radius 3 is 2.74 bits per heavy atom. The van der Waals surface area contributed by atoms with Gasteiger partial charge in [0.15, 0.2) is 18.1 Å². The summed E-state index contributed by atoms with van der Waals surface area (Å²) in [5, 5.41) is 16.9. The Labute approximate surface area is 108 Å². The predicted molar refractivity (Wildman–Crippen MR) is 61.9 cm³/mol. The van der Waals surface area contributed by atoms with Gasteiger partial charge in [0.2, 0.25) is 12.7 Å². The summed E-state index contributed by atoms with van der Waals surface area (Å²) in [6, 6.07) is 3.37. The molecular formula is C12H12N2O5. The second-order valence-electron chi connectivity index (χ2n) is 3.97. The Kier molecular flexibility index (Phi) is 2.96. The number of hydrogen-bond acceptors (Lipinski definition) is 7. The summed E-state index contributed by atoms with van der Waals surface area (Å²) in [4.78, 5) is 0. The zero-order chi connectivity index (χ0) is 13.2. The average Bonchev–Trinajstić information content (AvgIpc) is 3.03. The van der Waals surface area contributed by atoms with Crippen molar-refractivity contribution in [2.45, 2.75) is 20.1 Å². The van der Waals surface area contributed by atoms with Gasteiger partial charge in [-0.2, -0.15) is 0 Å². The van der Waals surface area contributed by atoms with Crippen LogP contribution in [-0.4, -0.2) is 22.1 Å². The monoisotopic (exact) mass is 264 g/mol. The highest BCUT2D eigenvalue weighted by atomic mass is 16.7. The first-order valence-electron chi connectivity index (χ1n) is 5.71. The van der Waals surface area contributed by atoms with Gasteiger partial charge in [-0.15, -0.1) is 10.2 Å². The van der Waals surface area contributed by atoms with Gasteiger partial charge in [0.05, 0.1) is 6.61 Å². The molecule has 0 saturated carbocycles. The molecule has 100 valence electrons. The molecule has 0 bridgehead atoms. The molecule has 0 unspecified atom stereocenters. The minimum atomic E-state index is -0.158. The van der Waals surface area contributed by atoms with Crippen LogP contribution >= 0.6 is 0 Å². The Hall–Kier alpha value is -2.28. The Morgan fingerprint density at radius 2 is 2.05 bits per heavy atom. The summed E-state index contributed by atoms with van der Waals surface area (Å²) >= 11 is 0. The van der Waals surface area contributed by atoms with E-state index in [9.17, 15) is 5.11 Å². The second kappa shape index (κ2) is 4.77. The topological polar surface area (TPSA) is 86.8 Å². The number of aromatic nitrogens is 2. The molecule has 3 rings (SSSR count). The van der Waals surface area contributed by atoms with Crippen molar-refractivity contribution in [1.82, 2.24) is 10.2 Å². The van der Waals surface area contributed by atoms with Gasteiger partial charge in [0.1, 0.15) is 5.75 Å². The van der Waals surface area contributed by atoms with E-state index in [4.69, 9.17) is 18.6 Å². The molecule has 0 aliphatic carbocycles. The highest BCUT2D eigenvalue weighted by molar-refractivity contribution is 5.51. The predicted octanol–water partition coefficient (Wildman–Crippen LogP) is 1.18. The fourth-order valence-corrected chi connectivity index (χ4v) is 1.76. The highest BCUT2D eigenvalue weighted by Crippen LogP contribution is 2.38. The molecule has 0 saturated heterocycles. The zero-order valence-corrected chi connectivity index (χ0v) is 10.3. The number of aryl methyl sites for hydroxylation is 1. The maximum atomic E-state index is 9.32. The summed E-state index contributed by atoms with van der Waals surface area (Å²) in [5.41, 5.74) is 0.612. The molecule has 7 nitrogen and oxygen atoms in total. The highest BCUT2D eigenvalue weighted by Gasteiger charge is 2.18. The first-order valence-corrected chi connectivity index (χ1v) is 5.71. The van der Waals surface area contributed by atoms with Gasteiger partial charge in [0, 0.05) is 18.6 Å². The number of nitrogens with zero attached hydrogens (tertiary/aromatic N) is 2. The molecule has 0 spiro atoms. The maximum absolute atomic E-state index is 9.32. The quantitative estimate of drug-likeness (QED) is 0.887. The van der Waals surface area contributed by atoms with E-state index < -0.39 is 0 Å². The van der Waals surface area contributed by atoms with Crippen LogP contribution in [0.4, 0.5) is 0 Å². The maximum Gasteiger partial charge on any atom is 0.253 e. The van der Waals surface area contributed by atoms with E-state index in [1.54, 1.807) is 19.1 Å². The van der Waals surface area contributed by atoms with E-state index in [0.717, 1.165) is 0 Å². The largest absolute Gasteiger partial charge is 0.483 e. The van der Waals surface area contributed by atoms with Crippen LogP contribution in [0.5, 0.6) is 17.2 Å². The summed E-state index contributed by atoms with van der Waals surface area (Å²) in [6.07, 6.45) is 0. The van der Waals surface area contributed by atoms with Crippen molar-refractivity contribution in [1.29, 1.82) is 0 Å². The molecule has 2 heterocycles. The molecule has 1 aliphatic heterocycles. The van der Waals surface area contributed by atoms with E-state index in [1.165, 1.54) is 0 Å². The van der Waals surface area contributed by atoms with Crippen molar-refractivity contribution in [3.05, 3.63) is 29.5 Å². The summed E-state index contributed by atoms with van der Waals surface area (Å²) in [5.74, 6) is 2.55. The first-order chi connectivity index (χ1) is 9.26. The minimum Gasteiger partial charge on any atom is -0.483 e. The number of fused-ring (bicyclic) bond motifs is 1. The van der Waals surface area contributed by atoms with Gasteiger partial charge < -0.3 is 23.7 Å². The third kappa shape index (κ3) is 2.32. The second-order valence-corrected chi connectivity index (χ2v) is 3.97. The Morgan fingerprint density at radius 1 is 1.26 bits per heavy atom. The number of ether oxygens (including phenoxy) is 3. The van der Waals surface area contributed by atoms with Crippen LogP contribution in [-0.2, 0) is 13.2 Å². The fraction of sp³-hybridized carbons (Fsp3) is 0.333. The molecule has 1 aromatic heterocycles. The summed E-state index contributed by atoms with van der Waals surface area (Å²) in [6.45, 7) is 1.85. The molecule has 1 aromatic carbocycles. The number of aliphatic hydroxyl groups excluding tert-OH is 1. The number of rotatable bonds is 4. The third-order valence-electron chi connectivity index (χ3n) is 2.65. The van der Waals surface area contributed by atoms with Gasteiger partial charge in [-0.05, 0) is 6.07 Å². The lowest BCUT2D eigenvalue weighted by Crippen LogP contribution is -1.99. The smallest absolute Gasteiger partial charge is 0.253 e. The third-order valence-corrected chi connectivity index (χ3v) is 2.65. The van der Waals surface area contributed by atoms with E-state index in [0.29, 0.717) is 34.6 Å². The molecule has 2 aromatic rings. The van der Waals surface area contributed by atoms with Crippen LogP contribution in [0.1, 0.15) is 17.3 Å². The average molecular weight is 264 g/mol. The molecule has 7 heteroatoms. The van der Waals surface area contributed by atoms with Crippen LogP contribution in [0.15, 0.2) is 16.5 Å². The summed E-state index contributed by atoms with van der Waals surface area (Å²) in [7, 11) is 0. The SMILES string of the molecule is Cc1nnc(COc2cc3c(cc2CO)OCO3)o1. The van der Waals surface area contributed by atoms with Crippen molar-refractivity contribution >= 4 is 0 Å². The van der Waals surface area contributed by atoms with Crippen LogP contribution in [0.3, 0.4) is 0 Å². The molecule has 1 aliphatic rings. The van der Waals surface area contributed by atoms with Crippen molar-refractivity contribution in [3.63, 3.8) is 0 Å². The molecule has 0 atom stereocenters.